The summed E-state index contributed by atoms with van der Waals surface area (Å²) in [4.78, 5) is 21.8. The lowest BCUT2D eigenvalue weighted by atomic mass is 10.0. The van der Waals surface area contributed by atoms with Crippen LogP contribution in [0.2, 0.25) is 0 Å². The zero-order valence-electron chi connectivity index (χ0n) is 19.0. The van der Waals surface area contributed by atoms with Crippen LogP contribution in [0.3, 0.4) is 0 Å². The summed E-state index contributed by atoms with van der Waals surface area (Å²) < 4.78 is 16.8. The molecule has 0 saturated carbocycles. The molecule has 34 heavy (non-hydrogen) atoms. The summed E-state index contributed by atoms with van der Waals surface area (Å²) >= 11 is 5.45. The van der Waals surface area contributed by atoms with Gasteiger partial charge >= 0.3 is 0 Å². The van der Waals surface area contributed by atoms with Crippen molar-refractivity contribution in [2.75, 3.05) is 14.2 Å². The number of nitrogens with zero attached hydrogens (tertiary/aromatic N) is 2. The van der Waals surface area contributed by atoms with E-state index in [1.54, 1.807) is 44.8 Å². The standard InChI is InChI=1S/C27H24N2O4S/c1-31-25-15-22-23(16-26(25)32-2)28-11-10-24(22)33-27-9-8-19(17-29-27)13-21(34)14-20(30)12-18-6-4-3-5-7-18/h3-11,15-17H,12-14H2,1-2H3. The molecule has 4 rings (SSSR count). The third-order valence-corrected chi connectivity index (χ3v) is 5.55. The maximum Gasteiger partial charge on any atom is 0.219 e. The van der Waals surface area contributed by atoms with Gasteiger partial charge in [-0.25, -0.2) is 4.98 Å². The predicted octanol–water partition coefficient (Wildman–Crippen LogP) is 5.55. The van der Waals surface area contributed by atoms with Crippen molar-refractivity contribution in [3.8, 4) is 23.1 Å². The Labute approximate surface area is 203 Å². The maximum absolute atomic E-state index is 12.3. The van der Waals surface area contributed by atoms with E-state index in [1.165, 1.54) is 0 Å². The summed E-state index contributed by atoms with van der Waals surface area (Å²) in [6.45, 7) is 0. The van der Waals surface area contributed by atoms with Crippen LogP contribution >= 0.6 is 12.2 Å². The van der Waals surface area contributed by atoms with Gasteiger partial charge in [-0.2, -0.15) is 0 Å². The highest BCUT2D eigenvalue weighted by Gasteiger charge is 2.12. The average molecular weight is 473 g/mol. The van der Waals surface area contributed by atoms with Crippen molar-refractivity contribution in [1.29, 1.82) is 0 Å². The van der Waals surface area contributed by atoms with E-state index in [-0.39, 0.29) is 12.2 Å². The number of ether oxygens (including phenoxy) is 3. The van der Waals surface area contributed by atoms with Crippen LogP contribution in [0.5, 0.6) is 23.1 Å². The van der Waals surface area contributed by atoms with Gasteiger partial charge in [0.25, 0.3) is 0 Å². The fourth-order valence-corrected chi connectivity index (χ4v) is 3.95. The number of carbonyl (C=O) groups is 1. The van der Waals surface area contributed by atoms with Gasteiger partial charge in [0, 0.05) is 54.0 Å². The summed E-state index contributed by atoms with van der Waals surface area (Å²) in [6.07, 6.45) is 4.57. The molecule has 6 nitrogen and oxygen atoms in total. The van der Waals surface area contributed by atoms with Crippen LogP contribution in [-0.2, 0) is 17.6 Å². The Morgan fingerprint density at radius 1 is 0.853 bits per heavy atom. The van der Waals surface area contributed by atoms with E-state index >= 15 is 0 Å². The van der Waals surface area contributed by atoms with E-state index in [0.717, 1.165) is 22.0 Å². The lowest BCUT2D eigenvalue weighted by molar-refractivity contribution is -0.117. The second kappa shape index (κ2) is 10.9. The Morgan fingerprint density at radius 2 is 1.62 bits per heavy atom. The van der Waals surface area contributed by atoms with Crippen molar-refractivity contribution >= 4 is 33.8 Å². The number of fused-ring (bicyclic) bond motifs is 1. The number of thiocarbonyl (C=S) groups is 1. The first kappa shape index (κ1) is 23.3. The molecule has 0 radical (unpaired) electrons. The molecule has 0 aliphatic heterocycles. The molecule has 7 heteroatoms. The first-order chi connectivity index (χ1) is 16.6. The molecule has 0 amide bonds. The molecule has 172 valence electrons. The van der Waals surface area contributed by atoms with Gasteiger partial charge in [0.2, 0.25) is 5.88 Å². The number of aromatic nitrogens is 2. The highest BCUT2D eigenvalue weighted by Crippen LogP contribution is 2.36. The number of hydrogen-bond donors (Lipinski definition) is 0. The highest BCUT2D eigenvalue weighted by atomic mass is 32.1. The van der Waals surface area contributed by atoms with Gasteiger partial charge in [0.05, 0.1) is 19.7 Å². The number of rotatable bonds is 10. The quantitative estimate of drug-likeness (QED) is 0.280. The third-order valence-electron chi connectivity index (χ3n) is 5.26. The fraction of sp³-hybridized carbons (Fsp3) is 0.185. The Hall–Kier alpha value is -3.84. The Bertz CT molecular complexity index is 1310. The molecule has 4 aromatic rings. The minimum atomic E-state index is 0.112. The Morgan fingerprint density at radius 3 is 2.32 bits per heavy atom. The average Bonchev–Trinajstić information content (AvgIpc) is 2.85. The number of methoxy groups -OCH3 is 2. The fourth-order valence-electron chi connectivity index (χ4n) is 3.62. The number of benzene rings is 2. The van der Waals surface area contributed by atoms with Gasteiger partial charge in [0.15, 0.2) is 11.5 Å². The molecular formula is C27H24N2O4S. The molecule has 2 aromatic heterocycles. The van der Waals surface area contributed by atoms with Crippen LogP contribution in [0.1, 0.15) is 17.5 Å². The molecule has 0 fully saturated rings. The van der Waals surface area contributed by atoms with Crippen molar-refractivity contribution in [2.45, 2.75) is 19.3 Å². The maximum atomic E-state index is 12.3. The first-order valence-electron chi connectivity index (χ1n) is 10.8. The van der Waals surface area contributed by atoms with Gasteiger partial charge < -0.3 is 14.2 Å². The van der Waals surface area contributed by atoms with Crippen molar-refractivity contribution in [2.24, 2.45) is 0 Å². The molecular weight excluding hydrogens is 448 g/mol. The van der Waals surface area contributed by atoms with Crippen molar-refractivity contribution in [3.63, 3.8) is 0 Å². The van der Waals surface area contributed by atoms with Crippen LogP contribution in [-0.4, -0.2) is 34.8 Å². The van der Waals surface area contributed by atoms with Gasteiger partial charge in [-0.3, -0.25) is 9.78 Å². The van der Waals surface area contributed by atoms with Crippen LogP contribution in [0, 0.1) is 0 Å². The van der Waals surface area contributed by atoms with E-state index in [4.69, 9.17) is 26.4 Å². The lowest BCUT2D eigenvalue weighted by Crippen LogP contribution is -2.11. The van der Waals surface area contributed by atoms with E-state index in [1.807, 2.05) is 42.5 Å². The number of ketones is 1. The Kier molecular flexibility index (Phi) is 7.44. The van der Waals surface area contributed by atoms with Crippen molar-refractivity contribution < 1.29 is 19.0 Å². The van der Waals surface area contributed by atoms with E-state index in [9.17, 15) is 4.79 Å². The summed E-state index contributed by atoms with van der Waals surface area (Å²) in [5, 5.41) is 0.782. The second-order valence-corrected chi connectivity index (χ2v) is 8.31. The summed E-state index contributed by atoms with van der Waals surface area (Å²) in [7, 11) is 3.17. The molecule has 2 heterocycles. The molecule has 0 bridgehead atoms. The number of carbonyl (C=O) groups excluding carboxylic acids is 1. The molecule has 0 aliphatic carbocycles. The topological polar surface area (TPSA) is 70.5 Å². The molecule has 0 aliphatic rings. The van der Waals surface area contributed by atoms with Crippen LogP contribution < -0.4 is 14.2 Å². The van der Waals surface area contributed by atoms with Gasteiger partial charge in [-0.1, -0.05) is 48.6 Å². The zero-order chi connectivity index (χ0) is 23.9. The third kappa shape index (κ3) is 5.74. The van der Waals surface area contributed by atoms with Crippen LogP contribution in [0.4, 0.5) is 0 Å². The molecule has 0 spiro atoms. The van der Waals surface area contributed by atoms with Crippen LogP contribution in [0.15, 0.2) is 73.1 Å². The molecule has 2 aromatic carbocycles. The van der Waals surface area contributed by atoms with Gasteiger partial charge in [0.1, 0.15) is 11.5 Å². The zero-order valence-corrected chi connectivity index (χ0v) is 19.8. The first-order valence-corrected chi connectivity index (χ1v) is 11.2. The minimum Gasteiger partial charge on any atom is -0.493 e. The number of hydrogen-bond acceptors (Lipinski definition) is 7. The number of Topliss-reactive ketones (excluding diaryl/α,β-unsaturated/α-hetero) is 1. The van der Waals surface area contributed by atoms with E-state index in [0.29, 0.717) is 40.8 Å². The van der Waals surface area contributed by atoms with Gasteiger partial charge in [-0.15, -0.1) is 0 Å². The largest absolute Gasteiger partial charge is 0.493 e. The molecule has 0 N–H and O–H groups in total. The number of pyridine rings is 2. The minimum absolute atomic E-state index is 0.112. The summed E-state index contributed by atoms with van der Waals surface area (Å²) in [5.41, 5.74) is 2.64. The SMILES string of the molecule is COc1cc2nccc(Oc3ccc(CC(=S)CC(=O)Cc4ccccc4)cn3)c2cc1OC. The van der Waals surface area contributed by atoms with Crippen molar-refractivity contribution in [1.82, 2.24) is 9.97 Å². The summed E-state index contributed by atoms with van der Waals surface area (Å²) in [5.74, 6) is 2.35. The lowest BCUT2D eigenvalue weighted by Gasteiger charge is -2.12. The summed E-state index contributed by atoms with van der Waals surface area (Å²) in [6, 6.07) is 18.8. The molecule has 0 unspecified atom stereocenters. The molecule has 0 atom stereocenters. The molecule has 0 saturated heterocycles. The second-order valence-electron chi connectivity index (χ2n) is 7.73. The normalized spacial score (nSPS) is 10.6. The van der Waals surface area contributed by atoms with Crippen LogP contribution in [0.25, 0.3) is 10.9 Å². The van der Waals surface area contributed by atoms with E-state index in [2.05, 4.69) is 9.97 Å². The smallest absolute Gasteiger partial charge is 0.219 e. The van der Waals surface area contributed by atoms with Crippen molar-refractivity contribution in [3.05, 3.63) is 84.2 Å². The predicted molar refractivity (Wildman–Crippen MR) is 135 cm³/mol. The van der Waals surface area contributed by atoms with E-state index < -0.39 is 0 Å². The monoisotopic (exact) mass is 472 g/mol. The Balaban J connectivity index is 1.40. The van der Waals surface area contributed by atoms with Gasteiger partial charge in [-0.05, 0) is 23.3 Å². The highest BCUT2D eigenvalue weighted by molar-refractivity contribution is 7.80.